The van der Waals surface area contributed by atoms with Crippen LogP contribution in [0.2, 0.25) is 0 Å². The van der Waals surface area contributed by atoms with Gasteiger partial charge in [-0.15, -0.1) is 0 Å². The van der Waals surface area contributed by atoms with E-state index in [1.54, 1.807) is 24.3 Å². The molecule has 0 fully saturated rings. The highest BCUT2D eigenvalue weighted by molar-refractivity contribution is 5.89. The second-order valence-electron chi connectivity index (χ2n) is 13.8. The molecule has 0 spiro atoms. The fourth-order valence-corrected chi connectivity index (χ4v) is 6.17. The molecule has 0 aliphatic heterocycles. The minimum absolute atomic E-state index is 0.0443. The zero-order valence-corrected chi connectivity index (χ0v) is 36.6. The van der Waals surface area contributed by atoms with Crippen LogP contribution in [-0.4, -0.2) is 177 Å². The number of rotatable bonds is 40. The maximum Gasteiger partial charge on any atom is 0.407 e. The van der Waals surface area contributed by atoms with Crippen LogP contribution in [0.3, 0.4) is 0 Å². The molecule has 1 aliphatic carbocycles. The summed E-state index contributed by atoms with van der Waals surface area (Å²) in [6.07, 6.45) is 0.259. The molecule has 16 heteroatoms. The fourth-order valence-electron chi connectivity index (χ4n) is 6.17. The van der Waals surface area contributed by atoms with Crippen molar-refractivity contribution in [3.05, 3.63) is 95.6 Å². The summed E-state index contributed by atoms with van der Waals surface area (Å²) in [4.78, 5) is 24.1. The Kier molecular flexibility index (Phi) is 28.9. The maximum absolute atomic E-state index is 12.3. The quantitative estimate of drug-likeness (QED) is 0.0602. The molecule has 350 valence electrons. The standard InChI is InChI=1S/C47H67NO15/c49-46(40-9-2-1-3-10-40)62-38-37-61-36-35-60-34-33-59-32-31-58-30-29-57-28-27-56-26-25-55-24-23-54-22-21-53-20-19-52-18-17-51-16-8-15-48-47(50)63-39-45-43-13-6-4-11-41(43)42-12-5-7-14-44(42)45/h1-7,9-14,45H,8,15-39H2,(H,48,50). The van der Waals surface area contributed by atoms with Crippen molar-refractivity contribution >= 4 is 12.1 Å². The van der Waals surface area contributed by atoms with E-state index in [2.05, 4.69) is 29.6 Å². The van der Waals surface area contributed by atoms with Crippen LogP contribution >= 0.6 is 0 Å². The summed E-state index contributed by atoms with van der Waals surface area (Å²) in [6, 6.07) is 25.4. The highest BCUT2D eigenvalue weighted by Gasteiger charge is 2.29. The summed E-state index contributed by atoms with van der Waals surface area (Å²) in [5.74, 6) is -0.317. The van der Waals surface area contributed by atoms with Crippen molar-refractivity contribution in [1.29, 1.82) is 0 Å². The Hall–Kier alpha value is -4.04. The van der Waals surface area contributed by atoms with Gasteiger partial charge in [0.05, 0.1) is 144 Å². The topological polar surface area (TPSA) is 166 Å². The van der Waals surface area contributed by atoms with Crippen molar-refractivity contribution < 1.29 is 71.2 Å². The van der Waals surface area contributed by atoms with Gasteiger partial charge in [-0.1, -0.05) is 66.7 Å². The first-order valence-electron chi connectivity index (χ1n) is 21.9. The van der Waals surface area contributed by atoms with Gasteiger partial charge in [0.15, 0.2) is 0 Å². The highest BCUT2D eigenvalue weighted by Crippen LogP contribution is 2.44. The molecule has 0 heterocycles. The molecular weight excluding hydrogens is 819 g/mol. The van der Waals surface area contributed by atoms with E-state index in [0.29, 0.717) is 170 Å². The van der Waals surface area contributed by atoms with Gasteiger partial charge in [0, 0.05) is 19.1 Å². The normalized spacial score (nSPS) is 12.0. The van der Waals surface area contributed by atoms with Gasteiger partial charge in [-0.05, 0) is 40.8 Å². The number of carbonyl (C=O) groups excluding carboxylic acids is 2. The number of alkyl carbamates (subject to hydrolysis) is 1. The molecule has 0 unspecified atom stereocenters. The largest absolute Gasteiger partial charge is 0.460 e. The predicted molar refractivity (Wildman–Crippen MR) is 233 cm³/mol. The molecule has 4 rings (SSSR count). The van der Waals surface area contributed by atoms with Gasteiger partial charge < -0.3 is 66.9 Å². The second-order valence-corrected chi connectivity index (χ2v) is 13.8. The van der Waals surface area contributed by atoms with Crippen molar-refractivity contribution in [2.75, 3.05) is 165 Å². The van der Waals surface area contributed by atoms with Gasteiger partial charge >= 0.3 is 12.1 Å². The predicted octanol–water partition coefficient (Wildman–Crippen LogP) is 4.95. The number of hydrogen-bond acceptors (Lipinski definition) is 15. The lowest BCUT2D eigenvalue weighted by molar-refractivity contribution is -0.0280. The molecular formula is C47H67NO15. The van der Waals surface area contributed by atoms with Crippen molar-refractivity contribution in [2.45, 2.75) is 12.3 Å². The van der Waals surface area contributed by atoms with E-state index in [0.717, 1.165) is 0 Å². The third-order valence-corrected chi connectivity index (χ3v) is 9.27. The van der Waals surface area contributed by atoms with Crippen LogP contribution in [0.1, 0.15) is 33.8 Å². The summed E-state index contributed by atoms with van der Waals surface area (Å²) >= 11 is 0. The van der Waals surface area contributed by atoms with E-state index < -0.39 is 6.09 Å². The Bertz CT molecular complexity index is 1550. The second kappa shape index (κ2) is 35.3. The number of nitrogens with one attached hydrogen (secondary N) is 1. The molecule has 1 aliphatic rings. The van der Waals surface area contributed by atoms with E-state index in [4.69, 9.17) is 61.6 Å². The van der Waals surface area contributed by atoms with Crippen molar-refractivity contribution in [3.8, 4) is 11.1 Å². The van der Waals surface area contributed by atoms with Crippen LogP contribution in [0.4, 0.5) is 4.79 Å². The average molecular weight is 886 g/mol. The van der Waals surface area contributed by atoms with Crippen LogP contribution in [0, 0.1) is 0 Å². The number of ether oxygens (including phenoxy) is 13. The zero-order valence-electron chi connectivity index (χ0n) is 36.6. The lowest BCUT2D eigenvalue weighted by Gasteiger charge is -2.14. The van der Waals surface area contributed by atoms with Crippen LogP contribution in [0.15, 0.2) is 78.9 Å². The molecule has 0 aromatic heterocycles. The summed E-state index contributed by atoms with van der Waals surface area (Å²) in [6.45, 7) is 11.2. The van der Waals surface area contributed by atoms with Crippen LogP contribution in [-0.2, 0) is 61.6 Å². The zero-order chi connectivity index (χ0) is 44.1. The van der Waals surface area contributed by atoms with Crippen molar-refractivity contribution in [1.82, 2.24) is 5.32 Å². The smallest absolute Gasteiger partial charge is 0.407 e. The number of benzene rings is 3. The Morgan fingerprint density at radius 1 is 0.381 bits per heavy atom. The molecule has 3 aromatic rings. The molecule has 0 saturated heterocycles. The lowest BCUT2D eigenvalue weighted by atomic mass is 9.98. The number of fused-ring (bicyclic) bond motifs is 3. The van der Waals surface area contributed by atoms with Gasteiger partial charge in [0.2, 0.25) is 0 Å². The van der Waals surface area contributed by atoms with Crippen molar-refractivity contribution in [2.24, 2.45) is 0 Å². The Morgan fingerprint density at radius 3 is 1.11 bits per heavy atom. The maximum atomic E-state index is 12.3. The Balaban J connectivity index is 0.759. The molecule has 16 nitrogen and oxygen atoms in total. The van der Waals surface area contributed by atoms with E-state index >= 15 is 0 Å². The first-order valence-corrected chi connectivity index (χ1v) is 21.9. The number of esters is 1. The third-order valence-electron chi connectivity index (χ3n) is 9.27. The molecule has 0 saturated carbocycles. The fraction of sp³-hybridized carbons (Fsp3) is 0.574. The third kappa shape index (κ3) is 23.5. The van der Waals surface area contributed by atoms with Gasteiger partial charge in [-0.2, -0.15) is 0 Å². The van der Waals surface area contributed by atoms with Crippen LogP contribution < -0.4 is 5.32 Å². The SMILES string of the molecule is O=C(NCCCOCCOCCOCCOCCOCCOCCOCCOCCOCCOCCOCCOC(=O)c1ccccc1)OCC1c2ccccc2-c2ccccc21. The minimum Gasteiger partial charge on any atom is -0.460 e. The molecule has 1 N–H and O–H groups in total. The first-order chi connectivity index (χ1) is 31.2. The Labute approximate surface area is 371 Å². The summed E-state index contributed by atoms with van der Waals surface area (Å²) < 4.78 is 71.2. The van der Waals surface area contributed by atoms with Crippen LogP contribution in [0.25, 0.3) is 11.1 Å². The number of hydrogen-bond donors (Lipinski definition) is 1. The first kappa shape index (κ1) is 51.6. The van der Waals surface area contributed by atoms with Crippen molar-refractivity contribution in [3.63, 3.8) is 0 Å². The molecule has 0 radical (unpaired) electrons. The van der Waals surface area contributed by atoms with Gasteiger partial charge in [-0.3, -0.25) is 0 Å². The number of amides is 1. The highest BCUT2D eigenvalue weighted by atomic mass is 16.6. The van der Waals surface area contributed by atoms with E-state index in [1.807, 2.05) is 30.3 Å². The summed E-state index contributed by atoms with van der Waals surface area (Å²) in [5.41, 5.74) is 5.31. The molecule has 0 atom stereocenters. The van der Waals surface area contributed by atoms with Gasteiger partial charge in [0.1, 0.15) is 13.2 Å². The summed E-state index contributed by atoms with van der Waals surface area (Å²) in [5, 5.41) is 2.81. The lowest BCUT2D eigenvalue weighted by Crippen LogP contribution is -2.27. The Morgan fingerprint density at radius 2 is 0.714 bits per heavy atom. The minimum atomic E-state index is -0.419. The average Bonchev–Trinajstić information content (AvgIpc) is 3.64. The van der Waals surface area contributed by atoms with Crippen LogP contribution in [0.5, 0.6) is 0 Å². The summed E-state index contributed by atoms with van der Waals surface area (Å²) in [7, 11) is 0. The van der Waals surface area contributed by atoms with Gasteiger partial charge in [-0.25, -0.2) is 9.59 Å². The van der Waals surface area contributed by atoms with E-state index in [1.165, 1.54) is 22.3 Å². The molecule has 63 heavy (non-hydrogen) atoms. The molecule has 3 aromatic carbocycles. The van der Waals surface area contributed by atoms with E-state index in [9.17, 15) is 9.59 Å². The molecule has 0 bridgehead atoms. The van der Waals surface area contributed by atoms with Gasteiger partial charge in [0.25, 0.3) is 0 Å². The monoisotopic (exact) mass is 885 g/mol. The molecule has 1 amide bonds. The van der Waals surface area contributed by atoms with E-state index in [-0.39, 0.29) is 18.5 Å². The number of carbonyl (C=O) groups is 2.